The lowest BCUT2D eigenvalue weighted by atomic mass is 10.1. The van der Waals surface area contributed by atoms with Crippen molar-refractivity contribution in [2.75, 3.05) is 6.54 Å². The van der Waals surface area contributed by atoms with E-state index in [0.29, 0.717) is 22.8 Å². The van der Waals surface area contributed by atoms with E-state index in [-0.39, 0.29) is 5.82 Å². The number of hydrogen-bond acceptors (Lipinski definition) is 4. The highest BCUT2D eigenvalue weighted by Gasteiger charge is 2.19. The van der Waals surface area contributed by atoms with Gasteiger partial charge in [0.2, 0.25) is 0 Å². The van der Waals surface area contributed by atoms with Crippen LogP contribution in [0.25, 0.3) is 11.4 Å². The molecule has 0 fully saturated rings. The van der Waals surface area contributed by atoms with E-state index in [2.05, 4.69) is 21.4 Å². The van der Waals surface area contributed by atoms with E-state index in [0.717, 1.165) is 19.5 Å². The molecule has 0 aliphatic carbocycles. The van der Waals surface area contributed by atoms with Gasteiger partial charge in [0.05, 0.1) is 12.2 Å². The molecule has 124 valence electrons. The van der Waals surface area contributed by atoms with Crippen molar-refractivity contribution in [3.63, 3.8) is 0 Å². The van der Waals surface area contributed by atoms with E-state index in [9.17, 15) is 4.39 Å². The monoisotopic (exact) mass is 360 g/mol. The Hall–Kier alpha value is -1.83. The van der Waals surface area contributed by atoms with Crippen LogP contribution in [0.15, 0.2) is 35.7 Å². The lowest BCUT2D eigenvalue weighted by molar-refractivity contribution is 0.189. The fourth-order valence-electron chi connectivity index (χ4n) is 3.07. The Labute approximate surface area is 148 Å². The standard InChI is InChI=1S/C17H17FN4S2/c1-20-16(13-4-2-3-5-14(13)18)19-22(17(20)23)11-21-8-6-15-12(10-21)7-9-24-15/h2-5,7,9H,6,8,10-11H2,1H3. The third-order valence-corrected chi connectivity index (χ3v) is 5.88. The number of fused-ring (bicyclic) bond motifs is 1. The summed E-state index contributed by atoms with van der Waals surface area (Å²) < 4.78 is 18.2. The quantitative estimate of drug-likeness (QED) is 0.664. The van der Waals surface area contributed by atoms with Crippen molar-refractivity contribution in [2.24, 2.45) is 7.05 Å². The molecule has 24 heavy (non-hydrogen) atoms. The van der Waals surface area contributed by atoms with E-state index in [1.165, 1.54) is 16.5 Å². The number of halogens is 1. The highest BCUT2D eigenvalue weighted by molar-refractivity contribution is 7.71. The first-order valence-electron chi connectivity index (χ1n) is 7.80. The van der Waals surface area contributed by atoms with Gasteiger partial charge in [-0.05, 0) is 47.8 Å². The molecule has 2 aromatic heterocycles. The van der Waals surface area contributed by atoms with E-state index in [4.69, 9.17) is 12.2 Å². The van der Waals surface area contributed by atoms with Crippen LogP contribution in [0.2, 0.25) is 0 Å². The minimum absolute atomic E-state index is 0.284. The van der Waals surface area contributed by atoms with Gasteiger partial charge in [-0.15, -0.1) is 11.3 Å². The van der Waals surface area contributed by atoms with Crippen molar-refractivity contribution in [1.82, 2.24) is 19.2 Å². The zero-order valence-electron chi connectivity index (χ0n) is 13.3. The molecule has 3 aromatic rings. The average Bonchev–Trinajstić information content (AvgIpc) is 3.15. The second-order valence-electron chi connectivity index (χ2n) is 5.96. The summed E-state index contributed by atoms with van der Waals surface area (Å²) in [7, 11) is 1.83. The van der Waals surface area contributed by atoms with Crippen LogP contribution < -0.4 is 0 Å². The van der Waals surface area contributed by atoms with Gasteiger partial charge >= 0.3 is 0 Å². The van der Waals surface area contributed by atoms with Gasteiger partial charge in [0, 0.05) is 25.0 Å². The summed E-state index contributed by atoms with van der Waals surface area (Å²) in [4.78, 5) is 3.80. The molecule has 0 amide bonds. The fraction of sp³-hybridized carbons (Fsp3) is 0.294. The van der Waals surface area contributed by atoms with E-state index in [1.54, 1.807) is 21.4 Å². The van der Waals surface area contributed by atoms with Crippen molar-refractivity contribution >= 4 is 23.6 Å². The molecule has 3 heterocycles. The summed E-state index contributed by atoms with van der Waals surface area (Å²) in [5, 5.41) is 6.72. The van der Waals surface area contributed by atoms with Crippen LogP contribution in [0.3, 0.4) is 0 Å². The van der Waals surface area contributed by atoms with E-state index in [1.807, 2.05) is 24.5 Å². The zero-order chi connectivity index (χ0) is 16.7. The number of hydrogen-bond donors (Lipinski definition) is 0. The first-order chi connectivity index (χ1) is 11.6. The smallest absolute Gasteiger partial charge is 0.199 e. The van der Waals surface area contributed by atoms with Crippen LogP contribution in [0.5, 0.6) is 0 Å². The van der Waals surface area contributed by atoms with E-state index < -0.39 is 0 Å². The van der Waals surface area contributed by atoms with Crippen molar-refractivity contribution in [3.05, 3.63) is 56.7 Å². The highest BCUT2D eigenvalue weighted by atomic mass is 32.1. The molecular weight excluding hydrogens is 343 g/mol. The van der Waals surface area contributed by atoms with Crippen LogP contribution in [0.1, 0.15) is 10.4 Å². The fourth-order valence-corrected chi connectivity index (χ4v) is 4.15. The van der Waals surface area contributed by atoms with E-state index >= 15 is 0 Å². The summed E-state index contributed by atoms with van der Waals surface area (Å²) in [5.41, 5.74) is 1.87. The van der Waals surface area contributed by atoms with Gasteiger partial charge in [0.1, 0.15) is 5.82 Å². The van der Waals surface area contributed by atoms with Crippen LogP contribution in [0, 0.1) is 10.6 Å². The summed E-state index contributed by atoms with van der Waals surface area (Å²) >= 11 is 7.33. The normalized spacial score (nSPS) is 14.8. The zero-order valence-corrected chi connectivity index (χ0v) is 14.9. The average molecular weight is 360 g/mol. The summed E-state index contributed by atoms with van der Waals surface area (Å²) in [6, 6.07) is 8.85. The third kappa shape index (κ3) is 2.72. The SMILES string of the molecule is Cn1c(-c2ccccc2F)nn(CN2CCc3sccc3C2)c1=S. The Morgan fingerprint density at radius 1 is 1.29 bits per heavy atom. The molecule has 0 saturated heterocycles. The molecule has 4 nitrogen and oxygen atoms in total. The molecule has 1 aliphatic rings. The maximum atomic E-state index is 14.1. The molecule has 0 unspecified atom stereocenters. The lowest BCUT2D eigenvalue weighted by Gasteiger charge is -2.26. The van der Waals surface area contributed by atoms with Crippen LogP contribution >= 0.6 is 23.6 Å². The summed E-state index contributed by atoms with van der Waals surface area (Å²) in [6.07, 6.45) is 1.06. The Morgan fingerprint density at radius 2 is 2.12 bits per heavy atom. The summed E-state index contributed by atoms with van der Waals surface area (Å²) in [5.74, 6) is 0.278. The Bertz CT molecular complexity index is 940. The molecule has 1 aromatic carbocycles. The van der Waals surface area contributed by atoms with Gasteiger partial charge in [0.25, 0.3) is 0 Å². The predicted octanol–water partition coefficient (Wildman–Crippen LogP) is 3.83. The third-order valence-electron chi connectivity index (χ3n) is 4.38. The van der Waals surface area contributed by atoms with Gasteiger partial charge in [-0.25, -0.2) is 9.07 Å². The molecule has 0 saturated carbocycles. The molecule has 0 radical (unpaired) electrons. The second-order valence-corrected chi connectivity index (χ2v) is 7.32. The first-order valence-corrected chi connectivity index (χ1v) is 9.08. The number of aromatic nitrogens is 3. The van der Waals surface area contributed by atoms with Crippen molar-refractivity contribution in [1.29, 1.82) is 0 Å². The number of rotatable bonds is 3. The minimum Gasteiger partial charge on any atom is -0.303 e. The predicted molar refractivity (Wildman–Crippen MR) is 95.9 cm³/mol. The van der Waals surface area contributed by atoms with Gasteiger partial charge in [-0.3, -0.25) is 4.90 Å². The molecule has 0 spiro atoms. The molecule has 0 N–H and O–H groups in total. The molecule has 1 aliphatic heterocycles. The first kappa shape index (κ1) is 15.7. The molecule has 7 heteroatoms. The van der Waals surface area contributed by atoms with Crippen molar-refractivity contribution in [2.45, 2.75) is 19.6 Å². The maximum Gasteiger partial charge on any atom is 0.199 e. The molecule has 4 rings (SSSR count). The van der Waals surface area contributed by atoms with Gasteiger partial charge in [-0.1, -0.05) is 12.1 Å². The number of benzene rings is 1. The number of thiophene rings is 1. The largest absolute Gasteiger partial charge is 0.303 e. The van der Waals surface area contributed by atoms with Crippen LogP contribution in [-0.4, -0.2) is 25.8 Å². The van der Waals surface area contributed by atoms with Crippen LogP contribution in [0.4, 0.5) is 4.39 Å². The molecular formula is C17H17FN4S2. The van der Waals surface area contributed by atoms with Crippen LogP contribution in [-0.2, 0) is 26.7 Å². The van der Waals surface area contributed by atoms with Gasteiger partial charge in [-0.2, -0.15) is 5.10 Å². The van der Waals surface area contributed by atoms with Gasteiger partial charge < -0.3 is 4.57 Å². The highest BCUT2D eigenvalue weighted by Crippen LogP contribution is 2.25. The number of nitrogens with zero attached hydrogens (tertiary/aromatic N) is 4. The molecule has 0 atom stereocenters. The minimum atomic E-state index is -0.284. The Kier molecular flexibility index (Phi) is 4.07. The second kappa shape index (κ2) is 6.23. The van der Waals surface area contributed by atoms with Gasteiger partial charge in [0.15, 0.2) is 10.6 Å². The lowest BCUT2D eigenvalue weighted by Crippen LogP contribution is -2.32. The maximum absolute atomic E-state index is 14.1. The summed E-state index contributed by atoms with van der Waals surface area (Å²) in [6.45, 7) is 2.52. The topological polar surface area (TPSA) is 26.0 Å². The Balaban J connectivity index is 1.62. The molecule has 0 bridgehead atoms. The Morgan fingerprint density at radius 3 is 2.96 bits per heavy atom. The van der Waals surface area contributed by atoms with Crippen molar-refractivity contribution in [3.8, 4) is 11.4 Å². The van der Waals surface area contributed by atoms with Crippen molar-refractivity contribution < 1.29 is 4.39 Å².